The van der Waals surface area contributed by atoms with Crippen LogP contribution in [0, 0.1) is 5.92 Å². The van der Waals surface area contributed by atoms with Crippen molar-refractivity contribution >= 4 is 5.91 Å². The highest BCUT2D eigenvalue weighted by molar-refractivity contribution is 5.75. The number of carbonyl (C=O) groups is 1. The Balaban J connectivity index is 3.26. The average Bonchev–Trinajstić information content (AvgIpc) is 1.82. The third kappa shape index (κ3) is 5.54. The van der Waals surface area contributed by atoms with Crippen molar-refractivity contribution in [2.75, 3.05) is 13.2 Å². The van der Waals surface area contributed by atoms with Gasteiger partial charge >= 0.3 is 0 Å². The van der Waals surface area contributed by atoms with Crippen molar-refractivity contribution in [3.05, 3.63) is 0 Å². The maximum Gasteiger partial charge on any atom is 0.220 e. The molecule has 0 aliphatic carbocycles. The summed E-state index contributed by atoms with van der Waals surface area (Å²) in [5.41, 5.74) is 0. The van der Waals surface area contributed by atoms with E-state index in [1.165, 1.54) is 0 Å². The van der Waals surface area contributed by atoms with Crippen molar-refractivity contribution in [1.29, 1.82) is 0 Å². The molecule has 2 nitrogen and oxygen atoms in total. The molecule has 0 saturated heterocycles. The van der Waals surface area contributed by atoms with E-state index >= 15 is 0 Å². The number of halogens is 1. The average molecular weight is 147 g/mol. The van der Waals surface area contributed by atoms with E-state index in [1.54, 1.807) is 0 Å². The number of nitrogens with one attached hydrogen (secondary N) is 1. The molecule has 1 amide bonds. The molecular formula is C7H14FNO. The van der Waals surface area contributed by atoms with Gasteiger partial charge in [-0.3, -0.25) is 4.79 Å². The number of carbonyl (C=O) groups excluding carboxylic acids is 1. The molecule has 0 aliphatic heterocycles. The molecule has 0 fully saturated rings. The van der Waals surface area contributed by atoms with Crippen LogP contribution >= 0.6 is 0 Å². The van der Waals surface area contributed by atoms with Gasteiger partial charge in [-0.2, -0.15) is 0 Å². The van der Waals surface area contributed by atoms with Gasteiger partial charge in [-0.15, -0.1) is 0 Å². The second-order valence-corrected chi connectivity index (χ2v) is 2.64. The van der Waals surface area contributed by atoms with Crippen LogP contribution in [0.1, 0.15) is 20.3 Å². The molecule has 0 unspecified atom stereocenters. The summed E-state index contributed by atoms with van der Waals surface area (Å²) < 4.78 is 11.5. The van der Waals surface area contributed by atoms with Gasteiger partial charge in [0.1, 0.15) is 6.67 Å². The molecule has 0 radical (unpaired) electrons. The smallest absolute Gasteiger partial charge is 0.220 e. The number of hydrogen-bond donors (Lipinski definition) is 1. The van der Waals surface area contributed by atoms with E-state index in [9.17, 15) is 9.18 Å². The minimum absolute atomic E-state index is 0.0624. The quantitative estimate of drug-likeness (QED) is 0.634. The van der Waals surface area contributed by atoms with E-state index in [0.717, 1.165) is 0 Å². The molecule has 0 bridgehead atoms. The Labute approximate surface area is 60.8 Å². The summed E-state index contributed by atoms with van der Waals surface area (Å²) in [5, 5.41) is 2.45. The normalized spacial score (nSPS) is 10.0. The van der Waals surface area contributed by atoms with Crippen LogP contribution in [0.4, 0.5) is 4.39 Å². The predicted molar refractivity (Wildman–Crippen MR) is 38.4 cm³/mol. The van der Waals surface area contributed by atoms with Gasteiger partial charge in [-0.1, -0.05) is 13.8 Å². The first-order chi connectivity index (χ1) is 4.66. The molecule has 1 N–H and O–H groups in total. The van der Waals surface area contributed by atoms with E-state index in [-0.39, 0.29) is 12.5 Å². The number of amides is 1. The molecule has 0 aromatic rings. The van der Waals surface area contributed by atoms with Crippen molar-refractivity contribution in [2.24, 2.45) is 5.92 Å². The molecule has 3 heteroatoms. The SMILES string of the molecule is CC(C)CC(=O)NCCF. The largest absolute Gasteiger partial charge is 0.353 e. The molecule has 0 saturated carbocycles. The number of rotatable bonds is 4. The lowest BCUT2D eigenvalue weighted by molar-refractivity contribution is -0.121. The highest BCUT2D eigenvalue weighted by atomic mass is 19.1. The van der Waals surface area contributed by atoms with Crippen LogP contribution in [0.15, 0.2) is 0 Å². The van der Waals surface area contributed by atoms with E-state index < -0.39 is 6.67 Å². The van der Waals surface area contributed by atoms with Gasteiger partial charge in [0.15, 0.2) is 0 Å². The lowest BCUT2D eigenvalue weighted by Crippen LogP contribution is -2.26. The lowest BCUT2D eigenvalue weighted by Gasteiger charge is -2.03. The fraction of sp³-hybridized carbons (Fsp3) is 0.857. The fourth-order valence-corrected chi connectivity index (χ4v) is 0.630. The summed E-state index contributed by atoms with van der Waals surface area (Å²) in [6.45, 7) is 3.57. The van der Waals surface area contributed by atoms with E-state index in [4.69, 9.17) is 0 Å². The molecule has 0 aromatic heterocycles. The van der Waals surface area contributed by atoms with Crippen LogP contribution in [-0.4, -0.2) is 19.1 Å². The maximum absolute atomic E-state index is 11.5. The summed E-state index contributed by atoms with van der Waals surface area (Å²) >= 11 is 0. The molecular weight excluding hydrogens is 133 g/mol. The highest BCUT2D eigenvalue weighted by Crippen LogP contribution is 1.97. The van der Waals surface area contributed by atoms with Crippen LogP contribution in [0.3, 0.4) is 0 Å². The van der Waals surface area contributed by atoms with Gasteiger partial charge in [0.2, 0.25) is 5.91 Å². The number of hydrogen-bond acceptors (Lipinski definition) is 1. The van der Waals surface area contributed by atoms with Crippen LogP contribution < -0.4 is 5.32 Å². The zero-order valence-electron chi connectivity index (χ0n) is 6.48. The Bertz CT molecular complexity index is 104. The molecule has 0 rings (SSSR count). The minimum Gasteiger partial charge on any atom is -0.353 e. The summed E-state index contributed by atoms with van der Waals surface area (Å²) in [4.78, 5) is 10.7. The zero-order valence-corrected chi connectivity index (χ0v) is 6.48. The molecule has 0 spiro atoms. The predicted octanol–water partition coefficient (Wildman–Crippen LogP) is 1.12. The van der Waals surface area contributed by atoms with Gasteiger partial charge in [-0.05, 0) is 5.92 Å². The Kier molecular flexibility index (Phi) is 4.89. The summed E-state index contributed by atoms with van der Waals surface area (Å²) in [5.74, 6) is 0.285. The highest BCUT2D eigenvalue weighted by Gasteiger charge is 2.02. The van der Waals surface area contributed by atoms with Gasteiger partial charge in [0, 0.05) is 13.0 Å². The first-order valence-electron chi connectivity index (χ1n) is 3.49. The van der Waals surface area contributed by atoms with E-state index in [1.807, 2.05) is 13.8 Å². The molecule has 0 aliphatic rings. The number of alkyl halides is 1. The third-order valence-electron chi connectivity index (χ3n) is 1.01. The van der Waals surface area contributed by atoms with Gasteiger partial charge < -0.3 is 5.32 Å². The van der Waals surface area contributed by atoms with Crippen molar-refractivity contribution < 1.29 is 9.18 Å². The van der Waals surface area contributed by atoms with E-state index in [2.05, 4.69) is 5.32 Å². The van der Waals surface area contributed by atoms with Gasteiger partial charge in [-0.25, -0.2) is 4.39 Å². The van der Waals surface area contributed by atoms with E-state index in [0.29, 0.717) is 12.3 Å². The second kappa shape index (κ2) is 5.21. The Morgan fingerprint density at radius 3 is 2.60 bits per heavy atom. The van der Waals surface area contributed by atoms with Crippen LogP contribution in [-0.2, 0) is 4.79 Å². The Morgan fingerprint density at radius 2 is 2.20 bits per heavy atom. The van der Waals surface area contributed by atoms with Crippen LogP contribution in [0.5, 0.6) is 0 Å². The maximum atomic E-state index is 11.5. The van der Waals surface area contributed by atoms with Crippen molar-refractivity contribution in [3.63, 3.8) is 0 Å². The fourth-order valence-electron chi connectivity index (χ4n) is 0.630. The minimum atomic E-state index is -0.482. The van der Waals surface area contributed by atoms with Crippen LogP contribution in [0.2, 0.25) is 0 Å². The standard InChI is InChI=1S/C7H14FNO/c1-6(2)5-7(10)9-4-3-8/h6H,3-5H2,1-2H3,(H,9,10). The monoisotopic (exact) mass is 147 g/mol. The first-order valence-corrected chi connectivity index (χ1v) is 3.49. The molecule has 0 atom stereocenters. The first kappa shape index (κ1) is 9.40. The van der Waals surface area contributed by atoms with Crippen molar-refractivity contribution in [2.45, 2.75) is 20.3 Å². The molecule has 60 valence electrons. The molecule has 0 heterocycles. The summed E-state index contributed by atoms with van der Waals surface area (Å²) in [6.07, 6.45) is 0.486. The Hall–Kier alpha value is -0.600. The summed E-state index contributed by atoms with van der Waals surface area (Å²) in [6, 6.07) is 0. The second-order valence-electron chi connectivity index (χ2n) is 2.64. The zero-order chi connectivity index (χ0) is 7.98. The van der Waals surface area contributed by atoms with Gasteiger partial charge in [0.25, 0.3) is 0 Å². The van der Waals surface area contributed by atoms with Crippen molar-refractivity contribution in [1.82, 2.24) is 5.32 Å². The van der Waals surface area contributed by atoms with Crippen molar-refractivity contribution in [3.8, 4) is 0 Å². The Morgan fingerprint density at radius 1 is 1.60 bits per heavy atom. The van der Waals surface area contributed by atoms with Gasteiger partial charge in [0.05, 0.1) is 0 Å². The third-order valence-corrected chi connectivity index (χ3v) is 1.01. The molecule has 10 heavy (non-hydrogen) atoms. The van der Waals surface area contributed by atoms with Crippen LogP contribution in [0.25, 0.3) is 0 Å². The summed E-state index contributed by atoms with van der Waals surface area (Å²) in [7, 11) is 0. The molecule has 0 aromatic carbocycles. The lowest BCUT2D eigenvalue weighted by atomic mass is 10.1. The topological polar surface area (TPSA) is 29.1 Å².